The van der Waals surface area contributed by atoms with Crippen LogP contribution in [0, 0.1) is 0 Å². The Morgan fingerprint density at radius 2 is 1.55 bits per heavy atom. The molecule has 1 aromatic heterocycles. The van der Waals surface area contributed by atoms with Gasteiger partial charge in [0.15, 0.2) is 0 Å². The van der Waals surface area contributed by atoms with Crippen LogP contribution in [0.15, 0.2) is 84.9 Å². The van der Waals surface area contributed by atoms with Crippen LogP contribution in [0.3, 0.4) is 0 Å². The summed E-state index contributed by atoms with van der Waals surface area (Å²) >= 11 is 0. The van der Waals surface area contributed by atoms with Crippen molar-refractivity contribution in [1.29, 1.82) is 0 Å². The third kappa shape index (κ3) is 4.26. The molecule has 1 aliphatic rings. The molecule has 1 aliphatic heterocycles. The molecule has 1 saturated heterocycles. The van der Waals surface area contributed by atoms with Crippen molar-refractivity contribution < 1.29 is 9.53 Å². The van der Waals surface area contributed by atoms with Gasteiger partial charge in [0.1, 0.15) is 18.1 Å². The van der Waals surface area contributed by atoms with Gasteiger partial charge in [-0.05, 0) is 35.9 Å². The predicted molar refractivity (Wildman–Crippen MR) is 124 cm³/mol. The van der Waals surface area contributed by atoms with E-state index in [2.05, 4.69) is 34.1 Å². The Kier molecular flexibility index (Phi) is 5.31. The molecular weight excluding hydrogens is 386 g/mol. The fourth-order valence-corrected chi connectivity index (χ4v) is 4.03. The largest absolute Gasteiger partial charge is 0.489 e. The third-order valence-electron chi connectivity index (χ3n) is 5.76. The number of nitrogens with zero attached hydrogens (tertiary/aromatic N) is 2. The number of aromatic amines is 1. The fourth-order valence-electron chi connectivity index (χ4n) is 4.03. The van der Waals surface area contributed by atoms with Gasteiger partial charge in [-0.2, -0.15) is 0 Å². The summed E-state index contributed by atoms with van der Waals surface area (Å²) in [6.45, 7) is 3.63. The topological polar surface area (TPSA) is 48.6 Å². The highest BCUT2D eigenvalue weighted by molar-refractivity contribution is 5.98. The molecular formula is C26H25N3O2. The minimum atomic E-state index is 0.0515. The number of rotatable bonds is 5. The second kappa shape index (κ2) is 8.56. The van der Waals surface area contributed by atoms with Crippen LogP contribution in [0.5, 0.6) is 5.75 Å². The number of aromatic nitrogens is 1. The average molecular weight is 412 g/mol. The highest BCUT2D eigenvalue weighted by atomic mass is 16.5. The van der Waals surface area contributed by atoms with Gasteiger partial charge >= 0.3 is 0 Å². The van der Waals surface area contributed by atoms with Crippen molar-refractivity contribution in [2.45, 2.75) is 6.61 Å². The van der Waals surface area contributed by atoms with Gasteiger partial charge in [0.25, 0.3) is 5.91 Å². The van der Waals surface area contributed by atoms with E-state index in [1.807, 2.05) is 65.6 Å². The second-order valence-corrected chi connectivity index (χ2v) is 7.82. The lowest BCUT2D eigenvalue weighted by Crippen LogP contribution is -2.48. The van der Waals surface area contributed by atoms with Gasteiger partial charge in [-0.25, -0.2) is 0 Å². The SMILES string of the molecule is O=C(c1cc2ccc(OCc3ccccc3)cc2[nH]1)N1CCN(c2ccccc2)CC1. The standard InChI is InChI=1S/C26H25N3O2/c30-26(29-15-13-28(14-16-29)22-9-5-2-6-10-22)25-17-21-11-12-23(18-24(21)27-25)31-19-20-7-3-1-4-8-20/h1-12,17-18,27H,13-16,19H2. The van der Waals surface area contributed by atoms with Gasteiger partial charge in [-0.15, -0.1) is 0 Å². The van der Waals surface area contributed by atoms with Gasteiger partial charge in [-0.1, -0.05) is 48.5 Å². The van der Waals surface area contributed by atoms with Crippen LogP contribution in [0.4, 0.5) is 5.69 Å². The number of H-pyrrole nitrogens is 1. The van der Waals surface area contributed by atoms with E-state index in [0.717, 1.165) is 35.3 Å². The molecule has 5 rings (SSSR count). The summed E-state index contributed by atoms with van der Waals surface area (Å²) < 4.78 is 5.92. The molecule has 5 nitrogen and oxygen atoms in total. The molecule has 0 radical (unpaired) electrons. The van der Waals surface area contributed by atoms with Crippen LogP contribution in [0.1, 0.15) is 16.1 Å². The number of benzene rings is 3. The Labute approximate surface area is 181 Å². The molecule has 1 N–H and O–H groups in total. The van der Waals surface area contributed by atoms with Gasteiger partial charge in [0.2, 0.25) is 0 Å². The van der Waals surface area contributed by atoms with Crippen LogP contribution >= 0.6 is 0 Å². The maximum Gasteiger partial charge on any atom is 0.270 e. The number of amides is 1. The van der Waals surface area contributed by atoms with Crippen molar-refractivity contribution in [1.82, 2.24) is 9.88 Å². The summed E-state index contributed by atoms with van der Waals surface area (Å²) in [5.74, 6) is 0.837. The summed E-state index contributed by atoms with van der Waals surface area (Å²) in [4.78, 5) is 20.6. The highest BCUT2D eigenvalue weighted by Gasteiger charge is 2.23. The number of ether oxygens (including phenoxy) is 1. The Morgan fingerprint density at radius 3 is 2.29 bits per heavy atom. The molecule has 0 spiro atoms. The van der Waals surface area contributed by atoms with Crippen molar-refractivity contribution in [3.8, 4) is 5.75 Å². The quantitative estimate of drug-likeness (QED) is 0.517. The Bertz CT molecular complexity index is 1160. The van der Waals surface area contributed by atoms with Gasteiger partial charge in [0, 0.05) is 48.8 Å². The summed E-state index contributed by atoms with van der Waals surface area (Å²) in [7, 11) is 0. The van der Waals surface area contributed by atoms with E-state index in [1.165, 1.54) is 5.69 Å². The Morgan fingerprint density at radius 1 is 0.839 bits per heavy atom. The third-order valence-corrected chi connectivity index (χ3v) is 5.76. The van der Waals surface area contributed by atoms with E-state index in [0.29, 0.717) is 25.4 Å². The molecule has 2 heterocycles. The van der Waals surface area contributed by atoms with Crippen molar-refractivity contribution in [3.05, 3.63) is 96.2 Å². The molecule has 0 saturated carbocycles. The monoisotopic (exact) mass is 411 g/mol. The number of hydrogen-bond donors (Lipinski definition) is 1. The number of para-hydroxylation sites is 1. The number of carbonyl (C=O) groups excluding carboxylic acids is 1. The maximum atomic E-state index is 13.1. The van der Waals surface area contributed by atoms with Crippen molar-refractivity contribution >= 4 is 22.5 Å². The number of carbonyl (C=O) groups is 1. The lowest BCUT2D eigenvalue weighted by molar-refractivity contribution is 0.0742. The second-order valence-electron chi connectivity index (χ2n) is 7.82. The van der Waals surface area contributed by atoms with E-state index in [1.54, 1.807) is 0 Å². The molecule has 0 atom stereocenters. The molecule has 31 heavy (non-hydrogen) atoms. The molecule has 0 bridgehead atoms. The first-order valence-corrected chi connectivity index (χ1v) is 10.6. The summed E-state index contributed by atoms with van der Waals surface area (Å²) in [5, 5.41) is 1.01. The molecule has 4 aromatic rings. The average Bonchev–Trinajstić information content (AvgIpc) is 3.27. The van der Waals surface area contributed by atoms with Gasteiger partial charge in [0.05, 0.1) is 0 Å². The number of anilines is 1. The minimum Gasteiger partial charge on any atom is -0.489 e. The van der Waals surface area contributed by atoms with Crippen LogP contribution < -0.4 is 9.64 Å². The number of fused-ring (bicyclic) bond motifs is 1. The molecule has 0 unspecified atom stereocenters. The number of piperazine rings is 1. The zero-order valence-corrected chi connectivity index (χ0v) is 17.3. The normalized spacial score (nSPS) is 14.1. The van der Waals surface area contributed by atoms with E-state index in [4.69, 9.17) is 4.74 Å². The first kappa shape index (κ1) is 19.2. The van der Waals surface area contributed by atoms with Crippen LogP contribution in [0.25, 0.3) is 10.9 Å². The number of nitrogens with one attached hydrogen (secondary N) is 1. The lowest BCUT2D eigenvalue weighted by atomic mass is 10.2. The van der Waals surface area contributed by atoms with E-state index >= 15 is 0 Å². The van der Waals surface area contributed by atoms with Gasteiger partial charge in [-0.3, -0.25) is 4.79 Å². The lowest BCUT2D eigenvalue weighted by Gasteiger charge is -2.36. The van der Waals surface area contributed by atoms with E-state index in [-0.39, 0.29) is 5.91 Å². The molecule has 3 aromatic carbocycles. The molecule has 0 aliphatic carbocycles. The highest BCUT2D eigenvalue weighted by Crippen LogP contribution is 2.24. The molecule has 1 amide bonds. The van der Waals surface area contributed by atoms with Crippen LogP contribution in [-0.4, -0.2) is 42.0 Å². The minimum absolute atomic E-state index is 0.0515. The first-order chi connectivity index (χ1) is 15.3. The molecule has 156 valence electrons. The van der Waals surface area contributed by atoms with Crippen molar-refractivity contribution in [2.24, 2.45) is 0 Å². The molecule has 5 heteroatoms. The summed E-state index contributed by atoms with van der Waals surface area (Å²) in [6.07, 6.45) is 0. The van der Waals surface area contributed by atoms with Crippen LogP contribution in [0.2, 0.25) is 0 Å². The van der Waals surface area contributed by atoms with Crippen LogP contribution in [-0.2, 0) is 6.61 Å². The smallest absolute Gasteiger partial charge is 0.270 e. The summed E-state index contributed by atoms with van der Waals surface area (Å²) in [6, 6.07) is 28.3. The summed E-state index contributed by atoms with van der Waals surface area (Å²) in [5.41, 5.74) is 3.88. The Hall–Kier alpha value is -3.73. The molecule has 1 fully saturated rings. The van der Waals surface area contributed by atoms with E-state index in [9.17, 15) is 4.79 Å². The van der Waals surface area contributed by atoms with Crippen molar-refractivity contribution in [3.63, 3.8) is 0 Å². The van der Waals surface area contributed by atoms with Gasteiger partial charge < -0.3 is 19.5 Å². The van der Waals surface area contributed by atoms with Crippen molar-refractivity contribution in [2.75, 3.05) is 31.1 Å². The zero-order valence-electron chi connectivity index (χ0n) is 17.3. The maximum absolute atomic E-state index is 13.1. The first-order valence-electron chi connectivity index (χ1n) is 10.6. The zero-order chi connectivity index (χ0) is 21.0. The van der Waals surface area contributed by atoms with E-state index < -0.39 is 0 Å². The predicted octanol–water partition coefficient (Wildman–Crippen LogP) is 4.71. The Balaban J connectivity index is 1.24. The fraction of sp³-hybridized carbons (Fsp3) is 0.192. The number of hydrogen-bond acceptors (Lipinski definition) is 3.